The topological polar surface area (TPSA) is 4.93 Å². The molecular formula is C26H15N. The van der Waals surface area contributed by atoms with Crippen LogP contribution in [0.1, 0.15) is 6.85 Å². The number of hydrogen-bond acceptors (Lipinski definition) is 0. The summed E-state index contributed by atoms with van der Waals surface area (Å²) in [5, 5.41) is 9.07. The Labute approximate surface area is 162 Å². The quantitative estimate of drug-likeness (QED) is 0.220. The minimum absolute atomic E-state index is 0.186. The van der Waals surface area contributed by atoms with Crippen LogP contribution in [0.15, 0.2) is 90.9 Å². The Morgan fingerprint density at radius 1 is 0.556 bits per heavy atom. The number of hydrogen-bond donors (Lipinski definition) is 0. The van der Waals surface area contributed by atoms with E-state index < -0.39 is 0 Å². The molecule has 0 spiro atoms. The third kappa shape index (κ3) is 1.52. The van der Waals surface area contributed by atoms with E-state index in [-0.39, 0.29) is 35.9 Å². The lowest BCUT2D eigenvalue weighted by atomic mass is 9.89. The zero-order valence-electron chi connectivity index (χ0n) is 19.2. The molecule has 1 heteroatoms. The SMILES string of the molecule is [2H]c1c([2H])c([2H])c(-n2c3cccc4c5cccc6ccc7ccc2c(c7c65)c43)c([2H])c1[2H]. The van der Waals surface area contributed by atoms with Gasteiger partial charge in [0.25, 0.3) is 0 Å². The summed E-state index contributed by atoms with van der Waals surface area (Å²) >= 11 is 0. The zero-order valence-corrected chi connectivity index (χ0v) is 14.2. The predicted molar refractivity (Wildman–Crippen MR) is 116 cm³/mol. The van der Waals surface area contributed by atoms with Gasteiger partial charge < -0.3 is 4.57 Å². The van der Waals surface area contributed by atoms with Crippen LogP contribution in [0, 0.1) is 0 Å². The molecule has 0 bridgehead atoms. The highest BCUT2D eigenvalue weighted by Crippen LogP contribution is 2.46. The maximum absolute atomic E-state index is 8.60. The lowest BCUT2D eigenvalue weighted by molar-refractivity contribution is 1.18. The second-order valence-electron chi connectivity index (χ2n) is 7.04. The largest absolute Gasteiger partial charge is 0.309 e. The zero-order chi connectivity index (χ0) is 21.9. The molecule has 0 amide bonds. The number of fused-ring (bicyclic) bond motifs is 1. The van der Waals surface area contributed by atoms with E-state index in [1.54, 1.807) is 0 Å². The summed E-state index contributed by atoms with van der Waals surface area (Å²) < 4.78 is 43.4. The second-order valence-corrected chi connectivity index (χ2v) is 7.04. The number of aromatic nitrogens is 1. The Morgan fingerprint density at radius 3 is 2.07 bits per heavy atom. The third-order valence-electron chi connectivity index (χ3n) is 5.78. The van der Waals surface area contributed by atoms with Gasteiger partial charge in [0.1, 0.15) is 0 Å². The first kappa shape index (κ1) is 9.94. The smallest absolute Gasteiger partial charge is 0.0645 e. The van der Waals surface area contributed by atoms with Gasteiger partial charge in [0.15, 0.2) is 0 Å². The van der Waals surface area contributed by atoms with Gasteiger partial charge in [-0.15, -0.1) is 0 Å². The highest BCUT2D eigenvalue weighted by molar-refractivity contribution is 6.40. The van der Waals surface area contributed by atoms with Crippen molar-refractivity contribution in [1.82, 2.24) is 4.57 Å². The van der Waals surface area contributed by atoms with Crippen molar-refractivity contribution >= 4 is 54.1 Å². The van der Waals surface area contributed by atoms with E-state index in [2.05, 4.69) is 42.5 Å². The Kier molecular flexibility index (Phi) is 1.68. The molecule has 0 aliphatic heterocycles. The first-order valence-electron chi connectivity index (χ1n) is 11.5. The van der Waals surface area contributed by atoms with Crippen molar-refractivity contribution in [2.24, 2.45) is 0 Å². The standard InChI is InChI=1S/C26H15N/c1-2-7-18(8-3-1)27-21-11-5-10-20-19-9-4-6-16-12-13-17-14-15-22(27)26(25(20)21)24(17)23(16)19/h1-15H/i1D,2D,3D,7D,8D. The summed E-state index contributed by atoms with van der Waals surface area (Å²) in [6.07, 6.45) is 0. The molecule has 0 aliphatic rings. The van der Waals surface area contributed by atoms with Gasteiger partial charge in [-0.05, 0) is 51.1 Å². The van der Waals surface area contributed by atoms with Gasteiger partial charge in [-0.3, -0.25) is 0 Å². The first-order valence-corrected chi connectivity index (χ1v) is 8.98. The molecule has 0 unspecified atom stereocenters. The molecule has 27 heavy (non-hydrogen) atoms. The molecule has 1 aromatic heterocycles. The summed E-state index contributed by atoms with van der Waals surface area (Å²) in [6, 6.07) is 19.3. The molecule has 7 aromatic rings. The van der Waals surface area contributed by atoms with Gasteiger partial charge in [-0.1, -0.05) is 66.7 Å². The molecule has 124 valence electrons. The second kappa shape index (κ2) is 4.57. The van der Waals surface area contributed by atoms with Crippen LogP contribution in [0.2, 0.25) is 0 Å². The fraction of sp³-hybridized carbons (Fsp3) is 0. The monoisotopic (exact) mass is 346 g/mol. The van der Waals surface area contributed by atoms with Crippen molar-refractivity contribution in [2.45, 2.75) is 0 Å². The summed E-state index contributed by atoms with van der Waals surface area (Å²) in [4.78, 5) is 0. The molecule has 6 aromatic carbocycles. The maximum atomic E-state index is 8.60. The molecule has 0 aliphatic carbocycles. The van der Waals surface area contributed by atoms with Gasteiger partial charge in [0, 0.05) is 21.8 Å². The highest BCUT2D eigenvalue weighted by Gasteiger charge is 2.21. The van der Waals surface area contributed by atoms with E-state index >= 15 is 0 Å². The average Bonchev–Trinajstić information content (AvgIpc) is 3.15. The Hall–Kier alpha value is -3.58. The van der Waals surface area contributed by atoms with Crippen LogP contribution in [-0.4, -0.2) is 4.57 Å². The summed E-state index contributed by atoms with van der Waals surface area (Å²) in [5.41, 5.74) is 1.88. The molecule has 0 fully saturated rings. The molecule has 0 radical (unpaired) electrons. The average molecular weight is 346 g/mol. The summed E-state index contributed by atoms with van der Waals surface area (Å²) in [6.45, 7) is 0. The van der Waals surface area contributed by atoms with Crippen LogP contribution in [0.5, 0.6) is 0 Å². The van der Waals surface area contributed by atoms with E-state index in [0.717, 1.165) is 43.4 Å². The van der Waals surface area contributed by atoms with Crippen molar-refractivity contribution in [1.29, 1.82) is 0 Å². The minimum atomic E-state index is -0.380. The van der Waals surface area contributed by atoms with E-state index in [1.165, 1.54) is 10.8 Å². The highest BCUT2D eigenvalue weighted by atomic mass is 15.0. The van der Waals surface area contributed by atoms with Gasteiger partial charge in [0.2, 0.25) is 0 Å². The van der Waals surface area contributed by atoms with Gasteiger partial charge in [-0.2, -0.15) is 0 Å². The molecule has 0 saturated heterocycles. The molecular weight excluding hydrogens is 326 g/mol. The maximum Gasteiger partial charge on any atom is 0.0645 e. The fourth-order valence-corrected chi connectivity index (χ4v) is 4.79. The predicted octanol–water partition coefficient (Wildman–Crippen LogP) is 7.12. The van der Waals surface area contributed by atoms with E-state index in [9.17, 15) is 0 Å². The summed E-state index contributed by atoms with van der Waals surface area (Å²) in [5.74, 6) is 0. The number of para-hydroxylation sites is 1. The van der Waals surface area contributed by atoms with Crippen LogP contribution in [0.4, 0.5) is 0 Å². The van der Waals surface area contributed by atoms with Crippen LogP contribution in [0.25, 0.3) is 59.8 Å². The lowest BCUT2D eigenvalue weighted by Crippen LogP contribution is -1.92. The van der Waals surface area contributed by atoms with Crippen LogP contribution in [-0.2, 0) is 0 Å². The number of nitrogens with zero attached hydrogens (tertiary/aromatic N) is 1. The summed E-state index contributed by atoms with van der Waals surface area (Å²) in [7, 11) is 0. The van der Waals surface area contributed by atoms with Crippen molar-refractivity contribution in [3.8, 4) is 5.69 Å². The normalized spacial score (nSPS) is 15.0. The first-order chi connectivity index (χ1) is 15.5. The third-order valence-corrected chi connectivity index (χ3v) is 5.78. The molecule has 7 rings (SSSR count). The molecule has 0 atom stereocenters. The Balaban J connectivity index is 1.84. The van der Waals surface area contributed by atoms with Gasteiger partial charge >= 0.3 is 0 Å². The fourth-order valence-electron chi connectivity index (χ4n) is 4.79. The van der Waals surface area contributed by atoms with E-state index in [4.69, 9.17) is 6.85 Å². The molecule has 1 heterocycles. The van der Waals surface area contributed by atoms with Crippen LogP contribution < -0.4 is 0 Å². The molecule has 0 N–H and O–H groups in total. The van der Waals surface area contributed by atoms with Crippen molar-refractivity contribution in [3.63, 3.8) is 0 Å². The van der Waals surface area contributed by atoms with Crippen LogP contribution in [0.3, 0.4) is 0 Å². The molecule has 1 nitrogen and oxygen atoms in total. The van der Waals surface area contributed by atoms with Crippen molar-refractivity contribution in [3.05, 3.63) is 90.9 Å². The van der Waals surface area contributed by atoms with Gasteiger partial charge in [-0.25, -0.2) is 0 Å². The van der Waals surface area contributed by atoms with Crippen molar-refractivity contribution in [2.75, 3.05) is 0 Å². The Morgan fingerprint density at radius 2 is 1.22 bits per heavy atom. The molecule has 0 saturated carbocycles. The van der Waals surface area contributed by atoms with Crippen molar-refractivity contribution < 1.29 is 6.85 Å². The van der Waals surface area contributed by atoms with E-state index in [0.29, 0.717) is 0 Å². The van der Waals surface area contributed by atoms with Crippen LogP contribution >= 0.6 is 0 Å². The number of benzene rings is 6. The van der Waals surface area contributed by atoms with Gasteiger partial charge in [0.05, 0.1) is 17.9 Å². The minimum Gasteiger partial charge on any atom is -0.309 e. The Bertz CT molecular complexity index is 1850. The number of rotatable bonds is 1. The van der Waals surface area contributed by atoms with E-state index in [1.807, 2.05) is 22.8 Å². The lowest BCUT2D eigenvalue weighted by Gasteiger charge is -2.13.